The van der Waals surface area contributed by atoms with Gasteiger partial charge in [0.25, 0.3) is 0 Å². The third kappa shape index (κ3) is 2.07. The van der Waals surface area contributed by atoms with Gasteiger partial charge in [-0.15, -0.1) is 0 Å². The molecule has 1 aliphatic rings. The van der Waals surface area contributed by atoms with Crippen LogP contribution in [0.5, 0.6) is 0 Å². The smallest absolute Gasteiger partial charge is 0.138 e. The summed E-state index contributed by atoms with van der Waals surface area (Å²) in [5.74, 6) is 0. The standard InChI is InChI=1S/C16H16N2O/c17-15-12-8-4-5-9-13(12)16(18-14(15)10-19)11-6-2-1-3-7-11/h1-10,14-16,18H,17H2. The molecule has 2 aromatic rings. The van der Waals surface area contributed by atoms with E-state index in [0.717, 1.165) is 23.0 Å². The van der Waals surface area contributed by atoms with Gasteiger partial charge >= 0.3 is 0 Å². The molecule has 3 N–H and O–H groups in total. The van der Waals surface area contributed by atoms with Crippen LogP contribution < -0.4 is 11.1 Å². The van der Waals surface area contributed by atoms with Crippen LogP contribution in [0.1, 0.15) is 28.8 Å². The zero-order valence-corrected chi connectivity index (χ0v) is 10.5. The maximum atomic E-state index is 11.2. The quantitative estimate of drug-likeness (QED) is 0.803. The fourth-order valence-corrected chi connectivity index (χ4v) is 2.70. The molecule has 0 aromatic heterocycles. The Bertz CT molecular complexity index is 582. The third-order valence-electron chi connectivity index (χ3n) is 3.69. The molecule has 1 heterocycles. The Hall–Kier alpha value is -1.97. The number of hydrogen-bond donors (Lipinski definition) is 2. The van der Waals surface area contributed by atoms with Gasteiger partial charge in [-0.2, -0.15) is 0 Å². The molecular weight excluding hydrogens is 236 g/mol. The summed E-state index contributed by atoms with van der Waals surface area (Å²) in [6, 6.07) is 17.6. The summed E-state index contributed by atoms with van der Waals surface area (Å²) >= 11 is 0. The minimum atomic E-state index is -0.347. The number of hydrogen-bond acceptors (Lipinski definition) is 3. The molecule has 0 amide bonds. The number of nitrogens with two attached hydrogens (primary N) is 1. The average molecular weight is 252 g/mol. The van der Waals surface area contributed by atoms with E-state index < -0.39 is 0 Å². The number of carbonyl (C=O) groups excluding carboxylic acids is 1. The number of rotatable bonds is 2. The second kappa shape index (κ2) is 4.96. The van der Waals surface area contributed by atoms with Crippen LogP contribution in [-0.2, 0) is 4.79 Å². The number of nitrogens with one attached hydrogen (secondary N) is 1. The SMILES string of the molecule is NC1c2ccccc2C(c2ccccc2)NC1C=O. The first kappa shape index (κ1) is 12.1. The highest BCUT2D eigenvalue weighted by Crippen LogP contribution is 2.33. The zero-order valence-electron chi connectivity index (χ0n) is 10.5. The summed E-state index contributed by atoms with van der Waals surface area (Å²) in [5, 5.41) is 3.33. The molecule has 0 fully saturated rings. The van der Waals surface area contributed by atoms with Gasteiger partial charge in [-0.3, -0.25) is 5.32 Å². The maximum absolute atomic E-state index is 11.2. The largest absolute Gasteiger partial charge is 0.322 e. The molecule has 3 rings (SSSR count). The van der Waals surface area contributed by atoms with Crippen LogP contribution in [0, 0.1) is 0 Å². The van der Waals surface area contributed by atoms with E-state index in [9.17, 15) is 4.79 Å². The summed E-state index contributed by atoms with van der Waals surface area (Å²) in [6.45, 7) is 0. The van der Waals surface area contributed by atoms with Gasteiger partial charge in [0.05, 0.1) is 18.1 Å². The van der Waals surface area contributed by atoms with Crippen molar-refractivity contribution in [2.75, 3.05) is 0 Å². The molecule has 0 radical (unpaired) electrons. The van der Waals surface area contributed by atoms with Gasteiger partial charge in [0.1, 0.15) is 6.29 Å². The Morgan fingerprint density at radius 2 is 1.58 bits per heavy atom. The Morgan fingerprint density at radius 3 is 2.26 bits per heavy atom. The molecule has 0 bridgehead atoms. The normalized spacial score (nSPS) is 25.6. The second-order valence-corrected chi connectivity index (χ2v) is 4.83. The first-order chi connectivity index (χ1) is 9.31. The highest BCUT2D eigenvalue weighted by Gasteiger charge is 2.32. The van der Waals surface area contributed by atoms with E-state index in [1.54, 1.807) is 0 Å². The highest BCUT2D eigenvalue weighted by molar-refractivity contribution is 5.62. The van der Waals surface area contributed by atoms with E-state index in [4.69, 9.17) is 5.73 Å². The predicted molar refractivity (Wildman–Crippen MR) is 74.6 cm³/mol. The van der Waals surface area contributed by atoms with Crippen LogP contribution >= 0.6 is 0 Å². The molecule has 0 saturated heterocycles. The number of aldehydes is 1. The minimum absolute atomic E-state index is 0.0207. The lowest BCUT2D eigenvalue weighted by atomic mass is 9.84. The van der Waals surface area contributed by atoms with E-state index in [1.165, 1.54) is 0 Å². The average Bonchev–Trinajstić information content (AvgIpc) is 2.49. The van der Waals surface area contributed by atoms with Crippen LogP contribution in [0.4, 0.5) is 0 Å². The van der Waals surface area contributed by atoms with Gasteiger partial charge < -0.3 is 10.5 Å². The molecule has 19 heavy (non-hydrogen) atoms. The van der Waals surface area contributed by atoms with Crippen molar-refractivity contribution in [2.45, 2.75) is 18.1 Å². The maximum Gasteiger partial charge on any atom is 0.138 e. The Kier molecular flexibility index (Phi) is 3.15. The second-order valence-electron chi connectivity index (χ2n) is 4.83. The lowest BCUT2D eigenvalue weighted by molar-refractivity contribution is -0.110. The van der Waals surface area contributed by atoms with Crippen molar-refractivity contribution in [1.82, 2.24) is 5.32 Å². The van der Waals surface area contributed by atoms with Gasteiger partial charge in [-0.05, 0) is 16.7 Å². The topological polar surface area (TPSA) is 55.1 Å². The molecule has 3 heteroatoms. The summed E-state index contributed by atoms with van der Waals surface area (Å²) in [6.07, 6.45) is 0.899. The van der Waals surface area contributed by atoms with Crippen molar-refractivity contribution >= 4 is 6.29 Å². The molecular formula is C16H16N2O. The zero-order chi connectivity index (χ0) is 13.2. The van der Waals surface area contributed by atoms with Crippen molar-refractivity contribution in [3.05, 3.63) is 71.3 Å². The van der Waals surface area contributed by atoms with Gasteiger partial charge in [0.2, 0.25) is 0 Å². The third-order valence-corrected chi connectivity index (χ3v) is 3.69. The van der Waals surface area contributed by atoms with Crippen molar-refractivity contribution < 1.29 is 4.79 Å². The van der Waals surface area contributed by atoms with Crippen molar-refractivity contribution in [3.63, 3.8) is 0 Å². The van der Waals surface area contributed by atoms with Gasteiger partial charge in [-0.1, -0.05) is 54.6 Å². The van der Waals surface area contributed by atoms with E-state index in [-0.39, 0.29) is 18.1 Å². The lowest BCUT2D eigenvalue weighted by Crippen LogP contribution is -2.47. The predicted octanol–water partition coefficient (Wildman–Crippen LogP) is 1.95. The molecule has 3 unspecified atom stereocenters. The van der Waals surface area contributed by atoms with E-state index >= 15 is 0 Å². The molecule has 96 valence electrons. The summed E-state index contributed by atoms with van der Waals surface area (Å²) < 4.78 is 0. The molecule has 3 atom stereocenters. The number of carbonyl (C=O) groups is 1. The van der Waals surface area contributed by atoms with Gasteiger partial charge in [0, 0.05) is 0 Å². The molecule has 3 nitrogen and oxygen atoms in total. The molecule has 0 aliphatic carbocycles. The lowest BCUT2D eigenvalue weighted by Gasteiger charge is -2.35. The molecule has 2 aromatic carbocycles. The Labute approximate surface area is 112 Å². The van der Waals surface area contributed by atoms with Crippen LogP contribution in [0.25, 0.3) is 0 Å². The van der Waals surface area contributed by atoms with Crippen LogP contribution in [-0.4, -0.2) is 12.3 Å². The minimum Gasteiger partial charge on any atom is -0.322 e. The van der Waals surface area contributed by atoms with Crippen molar-refractivity contribution in [3.8, 4) is 0 Å². The molecule has 1 aliphatic heterocycles. The van der Waals surface area contributed by atoms with Crippen LogP contribution in [0.3, 0.4) is 0 Å². The first-order valence-electron chi connectivity index (χ1n) is 6.42. The van der Waals surface area contributed by atoms with Crippen LogP contribution in [0.2, 0.25) is 0 Å². The van der Waals surface area contributed by atoms with Crippen molar-refractivity contribution in [2.24, 2.45) is 5.73 Å². The molecule has 0 saturated carbocycles. The van der Waals surface area contributed by atoms with E-state index in [2.05, 4.69) is 23.5 Å². The number of fused-ring (bicyclic) bond motifs is 1. The Balaban J connectivity index is 2.11. The Morgan fingerprint density at radius 1 is 0.947 bits per heavy atom. The molecule has 0 spiro atoms. The van der Waals surface area contributed by atoms with Crippen LogP contribution in [0.15, 0.2) is 54.6 Å². The fourth-order valence-electron chi connectivity index (χ4n) is 2.70. The number of benzene rings is 2. The summed E-state index contributed by atoms with van der Waals surface area (Å²) in [4.78, 5) is 11.2. The van der Waals surface area contributed by atoms with E-state index in [0.29, 0.717) is 0 Å². The fraction of sp³-hybridized carbons (Fsp3) is 0.188. The summed E-state index contributed by atoms with van der Waals surface area (Å²) in [7, 11) is 0. The highest BCUT2D eigenvalue weighted by atomic mass is 16.1. The van der Waals surface area contributed by atoms with Gasteiger partial charge in [-0.25, -0.2) is 0 Å². The van der Waals surface area contributed by atoms with Gasteiger partial charge in [0.15, 0.2) is 0 Å². The van der Waals surface area contributed by atoms with E-state index in [1.807, 2.05) is 36.4 Å². The summed E-state index contributed by atoms with van der Waals surface area (Å²) in [5.41, 5.74) is 9.50. The first-order valence-corrected chi connectivity index (χ1v) is 6.42. The monoisotopic (exact) mass is 252 g/mol. The van der Waals surface area contributed by atoms with Crippen molar-refractivity contribution in [1.29, 1.82) is 0 Å².